The second-order valence-corrected chi connectivity index (χ2v) is 21.0. The van der Waals surface area contributed by atoms with Crippen molar-refractivity contribution in [2.24, 2.45) is 23.7 Å². The molecule has 3 heteroatoms. The maximum atomic E-state index is 6.60. The molecule has 4 aliphatic rings. The van der Waals surface area contributed by atoms with E-state index >= 15 is 0 Å². The third-order valence-corrected chi connectivity index (χ3v) is 18.6. The van der Waals surface area contributed by atoms with Crippen molar-refractivity contribution < 1.29 is 8.83 Å². The van der Waals surface area contributed by atoms with Crippen LogP contribution in [0.5, 0.6) is 0 Å². The highest BCUT2D eigenvalue weighted by molar-refractivity contribution is 6.80. The van der Waals surface area contributed by atoms with Crippen LogP contribution in [-0.2, 0) is 0 Å². The first-order valence-electron chi connectivity index (χ1n) is 18.1. The van der Waals surface area contributed by atoms with Crippen LogP contribution >= 0.6 is 0 Å². The molecule has 8 rings (SSSR count). The van der Waals surface area contributed by atoms with Crippen LogP contribution in [0.25, 0.3) is 0 Å². The van der Waals surface area contributed by atoms with E-state index in [1.807, 2.05) is 0 Å². The summed E-state index contributed by atoms with van der Waals surface area (Å²) >= 11 is 0. The quantitative estimate of drug-likeness (QED) is 0.201. The first-order valence-corrected chi connectivity index (χ1v) is 21.3. The molecule has 4 fully saturated rings. The predicted molar refractivity (Wildman–Crippen MR) is 187 cm³/mol. The third kappa shape index (κ3) is 5.12. The Morgan fingerprint density at radius 2 is 0.911 bits per heavy atom. The molecular formula is C42H52O2Si. The molecule has 4 aliphatic carbocycles. The van der Waals surface area contributed by atoms with Gasteiger partial charge in [0.05, 0.1) is 8.07 Å². The minimum Gasteiger partial charge on any atom is -0.466 e. The lowest BCUT2D eigenvalue weighted by molar-refractivity contribution is 0.226. The number of rotatable bonds is 6. The predicted octanol–water partition coefficient (Wildman–Crippen LogP) is 12.0. The van der Waals surface area contributed by atoms with Gasteiger partial charge in [-0.25, -0.2) is 0 Å². The highest BCUT2D eigenvalue weighted by Gasteiger charge is 2.62. The van der Waals surface area contributed by atoms with Crippen molar-refractivity contribution in [2.75, 3.05) is 0 Å². The van der Waals surface area contributed by atoms with Crippen LogP contribution < -0.4 is 0 Å². The number of furan rings is 2. The Balaban J connectivity index is 1.22. The zero-order chi connectivity index (χ0) is 30.7. The maximum absolute atomic E-state index is 6.60. The highest BCUT2D eigenvalue weighted by atomic mass is 28.3. The monoisotopic (exact) mass is 616 g/mol. The van der Waals surface area contributed by atoms with E-state index in [9.17, 15) is 0 Å². The summed E-state index contributed by atoms with van der Waals surface area (Å²) in [6, 6.07) is 32.2. The van der Waals surface area contributed by atoms with Crippen molar-refractivity contribution in [3.8, 4) is 0 Å². The summed E-state index contributed by atoms with van der Waals surface area (Å²) in [5, 5.41) is 0. The fourth-order valence-electron chi connectivity index (χ4n) is 12.1. The van der Waals surface area contributed by atoms with Gasteiger partial charge in [-0.1, -0.05) is 99.4 Å². The normalized spacial score (nSPS) is 34.8. The fourth-order valence-corrected chi connectivity index (χ4v) is 18.3. The first-order chi connectivity index (χ1) is 21.9. The largest absolute Gasteiger partial charge is 0.466 e. The minimum absolute atomic E-state index is 0.534. The molecule has 2 aromatic carbocycles. The molecule has 10 unspecified atom stereocenters. The number of benzene rings is 2. The van der Waals surface area contributed by atoms with Gasteiger partial charge in [-0.05, 0) is 122 Å². The van der Waals surface area contributed by atoms with Gasteiger partial charge in [0.2, 0.25) is 0 Å². The summed E-state index contributed by atoms with van der Waals surface area (Å²) < 4.78 is 13.2. The van der Waals surface area contributed by atoms with Gasteiger partial charge in [0.1, 0.15) is 23.0 Å². The van der Waals surface area contributed by atoms with E-state index in [4.69, 9.17) is 8.83 Å². The van der Waals surface area contributed by atoms with Crippen molar-refractivity contribution in [3.63, 3.8) is 0 Å². The van der Waals surface area contributed by atoms with Crippen molar-refractivity contribution in [2.45, 2.75) is 113 Å². The molecule has 45 heavy (non-hydrogen) atoms. The Kier molecular flexibility index (Phi) is 7.75. The SMILES string of the molecule is Cc1ccc(C2CC3C(c4ccccc4)CCCC3C2[Si](C)(C)C2C(c3ccc(C)o3)CC3C(c4ccccc4)CCCC32)o1. The minimum atomic E-state index is -1.91. The summed E-state index contributed by atoms with van der Waals surface area (Å²) in [5.74, 6) is 10.2. The standard InChI is InChI=1S/C42H52O2Si/c1-27-21-23-39(43-27)37-25-35-31(29-13-7-5-8-14-29)17-11-19-33(35)41(37)45(3,4)42-34-20-12-18-32(30-15-9-6-10-16-30)36(34)26-38(42)40-24-22-28(2)44-40/h5-10,13-16,21-24,31-38,41-42H,11-12,17-20,25-26H2,1-4H3. The molecule has 2 heterocycles. The first kappa shape index (κ1) is 29.6. The topological polar surface area (TPSA) is 26.3 Å². The Morgan fingerprint density at radius 1 is 0.489 bits per heavy atom. The summed E-state index contributed by atoms with van der Waals surface area (Å²) in [5.41, 5.74) is 4.62. The highest BCUT2D eigenvalue weighted by Crippen LogP contribution is 2.70. The molecule has 2 aromatic heterocycles. The average Bonchev–Trinajstić information content (AvgIpc) is 3.85. The van der Waals surface area contributed by atoms with Crippen LogP contribution in [-0.4, -0.2) is 8.07 Å². The van der Waals surface area contributed by atoms with Gasteiger partial charge in [-0.2, -0.15) is 0 Å². The van der Waals surface area contributed by atoms with Gasteiger partial charge < -0.3 is 8.83 Å². The van der Waals surface area contributed by atoms with Crippen LogP contribution in [0.4, 0.5) is 0 Å². The van der Waals surface area contributed by atoms with Gasteiger partial charge in [-0.15, -0.1) is 0 Å². The number of aryl methyl sites for hydroxylation is 2. The molecule has 0 spiro atoms. The Hall–Kier alpha value is -2.78. The van der Waals surface area contributed by atoms with E-state index in [0.717, 1.165) is 46.3 Å². The molecular weight excluding hydrogens is 565 g/mol. The van der Waals surface area contributed by atoms with Gasteiger partial charge >= 0.3 is 0 Å². The number of fused-ring (bicyclic) bond motifs is 2. The fraction of sp³-hybridized carbons (Fsp3) is 0.524. The molecule has 4 saturated carbocycles. The van der Waals surface area contributed by atoms with Crippen molar-refractivity contribution in [3.05, 3.63) is 119 Å². The molecule has 0 radical (unpaired) electrons. The van der Waals surface area contributed by atoms with Gasteiger partial charge in [0, 0.05) is 11.8 Å². The second-order valence-electron chi connectivity index (χ2n) is 16.0. The molecule has 0 saturated heterocycles. The Labute approximate surface area is 272 Å². The number of hydrogen-bond acceptors (Lipinski definition) is 2. The zero-order valence-corrected chi connectivity index (χ0v) is 28.8. The van der Waals surface area contributed by atoms with E-state index in [1.165, 1.54) is 62.9 Å². The molecule has 0 N–H and O–H groups in total. The molecule has 236 valence electrons. The third-order valence-electron chi connectivity index (χ3n) is 13.5. The van der Waals surface area contributed by atoms with Gasteiger partial charge in [0.25, 0.3) is 0 Å². The molecule has 0 aliphatic heterocycles. The number of hydrogen-bond donors (Lipinski definition) is 0. The van der Waals surface area contributed by atoms with Crippen LogP contribution in [0, 0.1) is 37.5 Å². The molecule has 2 nitrogen and oxygen atoms in total. The molecule has 0 amide bonds. The van der Waals surface area contributed by atoms with Crippen LogP contribution in [0.2, 0.25) is 24.2 Å². The lowest BCUT2D eigenvalue weighted by Crippen LogP contribution is -2.47. The van der Waals surface area contributed by atoms with Crippen molar-refractivity contribution in [1.82, 2.24) is 0 Å². The summed E-state index contributed by atoms with van der Waals surface area (Å²) in [6.07, 6.45) is 10.8. The lowest BCUT2D eigenvalue weighted by Gasteiger charge is -2.49. The zero-order valence-electron chi connectivity index (χ0n) is 27.8. The average molecular weight is 617 g/mol. The summed E-state index contributed by atoms with van der Waals surface area (Å²) in [4.78, 5) is 0. The smallest absolute Gasteiger partial charge is 0.107 e. The van der Waals surface area contributed by atoms with Crippen LogP contribution in [0.3, 0.4) is 0 Å². The van der Waals surface area contributed by atoms with E-state index in [0.29, 0.717) is 23.7 Å². The van der Waals surface area contributed by atoms with E-state index < -0.39 is 8.07 Å². The van der Waals surface area contributed by atoms with E-state index in [1.54, 1.807) is 11.1 Å². The molecule has 4 aromatic rings. The van der Waals surface area contributed by atoms with Gasteiger partial charge in [0.15, 0.2) is 0 Å². The molecule has 0 bridgehead atoms. The maximum Gasteiger partial charge on any atom is 0.107 e. The van der Waals surface area contributed by atoms with Crippen molar-refractivity contribution >= 4 is 8.07 Å². The van der Waals surface area contributed by atoms with E-state index in [-0.39, 0.29) is 0 Å². The summed E-state index contributed by atoms with van der Waals surface area (Å²) in [6.45, 7) is 9.94. The molecule has 10 atom stereocenters. The Morgan fingerprint density at radius 3 is 1.29 bits per heavy atom. The second kappa shape index (κ2) is 11.8. The lowest BCUT2D eigenvalue weighted by atomic mass is 9.71. The van der Waals surface area contributed by atoms with Crippen molar-refractivity contribution in [1.29, 1.82) is 0 Å². The van der Waals surface area contributed by atoms with Gasteiger partial charge in [-0.3, -0.25) is 0 Å². The van der Waals surface area contributed by atoms with E-state index in [2.05, 4.69) is 112 Å². The van der Waals surface area contributed by atoms with Crippen LogP contribution in [0.15, 0.2) is 93.8 Å². The Bertz CT molecular complexity index is 1470. The van der Waals surface area contributed by atoms with Crippen LogP contribution in [0.1, 0.15) is 109 Å². The summed E-state index contributed by atoms with van der Waals surface area (Å²) in [7, 11) is -1.91.